The number of nitrogens with one attached hydrogen (secondary N) is 2. The average Bonchev–Trinajstić information content (AvgIpc) is 2.56. The molecular formula is C17H26F3N3O2. The van der Waals surface area contributed by atoms with Crippen LogP contribution >= 0.6 is 0 Å². The molecule has 0 unspecified atom stereocenters. The van der Waals surface area contributed by atoms with Crippen molar-refractivity contribution in [3.8, 4) is 11.5 Å². The van der Waals surface area contributed by atoms with E-state index in [9.17, 15) is 13.2 Å². The van der Waals surface area contributed by atoms with E-state index in [-0.39, 0.29) is 6.54 Å². The van der Waals surface area contributed by atoms with E-state index in [4.69, 9.17) is 9.47 Å². The Labute approximate surface area is 146 Å². The van der Waals surface area contributed by atoms with Crippen molar-refractivity contribution in [3.05, 3.63) is 23.8 Å². The van der Waals surface area contributed by atoms with Gasteiger partial charge in [-0.2, -0.15) is 13.2 Å². The first-order valence-electron chi connectivity index (χ1n) is 8.20. The Bertz CT molecular complexity index is 548. The first-order valence-corrected chi connectivity index (χ1v) is 8.20. The van der Waals surface area contributed by atoms with Gasteiger partial charge in [0, 0.05) is 20.1 Å². The Hall–Kier alpha value is -2.12. The lowest BCUT2D eigenvalue weighted by atomic mass is 10.1. The van der Waals surface area contributed by atoms with Gasteiger partial charge in [0.05, 0.1) is 20.1 Å². The minimum atomic E-state index is -4.17. The van der Waals surface area contributed by atoms with Crippen molar-refractivity contribution in [1.82, 2.24) is 10.6 Å². The summed E-state index contributed by atoms with van der Waals surface area (Å²) in [7, 11) is 3.12. The van der Waals surface area contributed by atoms with Crippen molar-refractivity contribution in [2.24, 2.45) is 4.99 Å². The van der Waals surface area contributed by atoms with Crippen LogP contribution in [0.4, 0.5) is 13.2 Å². The number of aryl methyl sites for hydroxylation is 1. The molecule has 8 heteroatoms. The number of ether oxygens (including phenoxy) is 2. The summed E-state index contributed by atoms with van der Waals surface area (Å²) in [6, 6.07) is 5.78. The summed E-state index contributed by atoms with van der Waals surface area (Å²) >= 11 is 0. The predicted octanol–water partition coefficient (Wildman–Crippen LogP) is 3.14. The summed E-state index contributed by atoms with van der Waals surface area (Å²) in [5.74, 6) is 1.77. The lowest BCUT2D eigenvalue weighted by Crippen LogP contribution is -2.39. The van der Waals surface area contributed by atoms with E-state index in [1.54, 1.807) is 7.11 Å². The second-order valence-electron chi connectivity index (χ2n) is 5.31. The fourth-order valence-corrected chi connectivity index (χ4v) is 2.19. The third-order valence-electron chi connectivity index (χ3n) is 3.39. The number of benzene rings is 1. The number of hydrogen-bond donors (Lipinski definition) is 2. The van der Waals surface area contributed by atoms with Gasteiger partial charge in [0.15, 0.2) is 17.5 Å². The number of nitrogens with zero attached hydrogens (tertiary/aromatic N) is 1. The van der Waals surface area contributed by atoms with E-state index in [1.165, 1.54) is 7.05 Å². The molecule has 0 aliphatic rings. The molecule has 0 aromatic heterocycles. The third kappa shape index (κ3) is 8.51. The zero-order chi connectivity index (χ0) is 18.7. The van der Waals surface area contributed by atoms with Crippen molar-refractivity contribution in [3.63, 3.8) is 0 Å². The third-order valence-corrected chi connectivity index (χ3v) is 3.39. The van der Waals surface area contributed by atoms with Gasteiger partial charge >= 0.3 is 6.18 Å². The Morgan fingerprint density at radius 1 is 1.16 bits per heavy atom. The van der Waals surface area contributed by atoms with E-state index >= 15 is 0 Å². The summed E-state index contributed by atoms with van der Waals surface area (Å²) < 4.78 is 47.2. The highest BCUT2D eigenvalue weighted by molar-refractivity contribution is 5.79. The van der Waals surface area contributed by atoms with Crippen molar-refractivity contribution >= 4 is 5.96 Å². The Balaban J connectivity index is 2.37. The van der Waals surface area contributed by atoms with Crippen LogP contribution in [0.15, 0.2) is 23.2 Å². The first-order chi connectivity index (χ1) is 11.9. The molecule has 0 bridgehead atoms. The topological polar surface area (TPSA) is 54.9 Å². The summed E-state index contributed by atoms with van der Waals surface area (Å²) in [4.78, 5) is 3.90. The Morgan fingerprint density at radius 3 is 2.48 bits per heavy atom. The maximum Gasteiger partial charge on any atom is 0.390 e. The zero-order valence-electron chi connectivity index (χ0n) is 14.9. The lowest BCUT2D eigenvalue weighted by Gasteiger charge is -2.13. The van der Waals surface area contributed by atoms with Gasteiger partial charge in [-0.25, -0.2) is 0 Å². The molecule has 0 fully saturated rings. The minimum absolute atomic E-state index is 0.195. The van der Waals surface area contributed by atoms with Crippen LogP contribution in [0, 0.1) is 0 Å². The monoisotopic (exact) mass is 361 g/mol. The van der Waals surface area contributed by atoms with Crippen LogP contribution in [-0.4, -0.2) is 46.0 Å². The minimum Gasteiger partial charge on any atom is -0.493 e. The molecule has 0 amide bonds. The molecule has 1 aromatic rings. The SMILES string of the molecule is CCOc1cc(CCCNC(=NC)NCCC(F)(F)F)ccc1OC. The van der Waals surface area contributed by atoms with Gasteiger partial charge in [-0.3, -0.25) is 4.99 Å². The summed E-state index contributed by atoms with van der Waals surface area (Å²) in [5.41, 5.74) is 1.10. The van der Waals surface area contributed by atoms with E-state index in [2.05, 4.69) is 15.6 Å². The molecule has 142 valence electrons. The maximum absolute atomic E-state index is 12.1. The predicted molar refractivity (Wildman–Crippen MR) is 92.5 cm³/mol. The van der Waals surface area contributed by atoms with E-state index in [0.29, 0.717) is 30.6 Å². The molecule has 0 aliphatic carbocycles. The normalized spacial score (nSPS) is 12.0. The fourth-order valence-electron chi connectivity index (χ4n) is 2.19. The molecule has 2 N–H and O–H groups in total. The highest BCUT2D eigenvalue weighted by atomic mass is 19.4. The molecule has 0 radical (unpaired) electrons. The van der Waals surface area contributed by atoms with Crippen LogP contribution in [0.1, 0.15) is 25.3 Å². The van der Waals surface area contributed by atoms with Gasteiger partial charge in [0.1, 0.15) is 0 Å². The van der Waals surface area contributed by atoms with Crippen LogP contribution in [0.3, 0.4) is 0 Å². The number of alkyl halides is 3. The largest absolute Gasteiger partial charge is 0.493 e. The van der Waals surface area contributed by atoms with Gasteiger partial charge in [-0.15, -0.1) is 0 Å². The van der Waals surface area contributed by atoms with Crippen LogP contribution in [0.2, 0.25) is 0 Å². The molecule has 0 spiro atoms. The highest BCUT2D eigenvalue weighted by Crippen LogP contribution is 2.28. The van der Waals surface area contributed by atoms with Gasteiger partial charge in [-0.05, 0) is 37.5 Å². The lowest BCUT2D eigenvalue weighted by molar-refractivity contribution is -0.132. The quantitative estimate of drug-likeness (QED) is 0.403. The van der Waals surface area contributed by atoms with Gasteiger partial charge < -0.3 is 20.1 Å². The van der Waals surface area contributed by atoms with Crippen molar-refractivity contribution in [2.75, 3.05) is 33.9 Å². The number of rotatable bonds is 9. The van der Waals surface area contributed by atoms with E-state index in [1.807, 2.05) is 25.1 Å². The molecule has 0 atom stereocenters. The molecule has 5 nitrogen and oxygen atoms in total. The molecule has 0 aliphatic heterocycles. The van der Waals surface area contributed by atoms with Gasteiger partial charge in [0.2, 0.25) is 0 Å². The Kier molecular flexibility index (Phi) is 8.94. The van der Waals surface area contributed by atoms with E-state index in [0.717, 1.165) is 18.4 Å². The Morgan fingerprint density at radius 2 is 1.88 bits per heavy atom. The second-order valence-corrected chi connectivity index (χ2v) is 5.31. The summed E-state index contributed by atoms with van der Waals surface area (Å²) in [6.07, 6.45) is -3.45. The summed E-state index contributed by atoms with van der Waals surface area (Å²) in [6.45, 7) is 2.87. The second kappa shape index (κ2) is 10.7. The van der Waals surface area contributed by atoms with E-state index < -0.39 is 12.6 Å². The molecule has 1 rings (SSSR count). The van der Waals surface area contributed by atoms with Crippen molar-refractivity contribution in [2.45, 2.75) is 32.4 Å². The molecule has 0 saturated carbocycles. The molecule has 0 saturated heterocycles. The standard InChI is InChI=1S/C17H26F3N3O2/c1-4-25-15-12-13(7-8-14(15)24-3)6-5-10-22-16(21-2)23-11-9-17(18,19)20/h7-8,12H,4-6,9-11H2,1-3H3,(H2,21,22,23). The molecule has 25 heavy (non-hydrogen) atoms. The molecule has 1 aromatic carbocycles. The number of hydrogen-bond acceptors (Lipinski definition) is 3. The number of methoxy groups -OCH3 is 1. The number of guanidine groups is 1. The first kappa shape index (κ1) is 20.9. The van der Waals surface area contributed by atoms with Crippen LogP contribution in [0.5, 0.6) is 11.5 Å². The highest BCUT2D eigenvalue weighted by Gasteiger charge is 2.26. The molecular weight excluding hydrogens is 335 g/mol. The van der Waals surface area contributed by atoms with Gasteiger partial charge in [-0.1, -0.05) is 6.07 Å². The smallest absolute Gasteiger partial charge is 0.390 e. The van der Waals surface area contributed by atoms with Crippen LogP contribution < -0.4 is 20.1 Å². The van der Waals surface area contributed by atoms with Crippen LogP contribution in [0.25, 0.3) is 0 Å². The average molecular weight is 361 g/mol. The van der Waals surface area contributed by atoms with Crippen LogP contribution in [-0.2, 0) is 6.42 Å². The number of aliphatic imine (C=N–C) groups is 1. The maximum atomic E-state index is 12.1. The van der Waals surface area contributed by atoms with Crippen molar-refractivity contribution < 1.29 is 22.6 Å². The summed E-state index contributed by atoms with van der Waals surface area (Å²) in [5, 5.41) is 5.65. The molecule has 0 heterocycles. The van der Waals surface area contributed by atoms with Gasteiger partial charge in [0.25, 0.3) is 0 Å². The zero-order valence-corrected chi connectivity index (χ0v) is 14.9. The fraction of sp³-hybridized carbons (Fsp3) is 0.588. The number of halogens is 3. The van der Waals surface area contributed by atoms with Crippen molar-refractivity contribution in [1.29, 1.82) is 0 Å².